The Morgan fingerprint density at radius 2 is 1.94 bits per heavy atom. The summed E-state index contributed by atoms with van der Waals surface area (Å²) < 4.78 is 62.4. The molecule has 0 fully saturated rings. The molecule has 0 aliphatic carbocycles. The van der Waals surface area contributed by atoms with Gasteiger partial charge in [0.2, 0.25) is 0 Å². The molecule has 17 heavy (non-hydrogen) atoms. The molecular weight excluding hydrogens is 247 g/mol. The lowest BCUT2D eigenvalue weighted by Crippen LogP contribution is -2.44. The summed E-state index contributed by atoms with van der Waals surface area (Å²) in [4.78, 5) is 11.1. The number of alkyl halides is 5. The molecule has 1 rings (SSSR count). The van der Waals surface area contributed by atoms with Crippen molar-refractivity contribution in [3.63, 3.8) is 0 Å². The molecule has 0 amide bonds. The van der Waals surface area contributed by atoms with Gasteiger partial charge >= 0.3 is 12.1 Å². The van der Waals surface area contributed by atoms with Crippen molar-refractivity contribution in [3.05, 3.63) is 18.0 Å². The summed E-state index contributed by atoms with van der Waals surface area (Å²) in [5.41, 5.74) is -0.742. The van der Waals surface area contributed by atoms with Gasteiger partial charge in [-0.25, -0.2) is 0 Å². The van der Waals surface area contributed by atoms with Crippen LogP contribution in [0.4, 0.5) is 22.0 Å². The topological polar surface area (TPSA) is 34.9 Å². The molecule has 0 saturated carbocycles. The van der Waals surface area contributed by atoms with Gasteiger partial charge in [0.05, 0.1) is 0 Å². The van der Waals surface area contributed by atoms with Gasteiger partial charge in [0.25, 0.3) is 5.78 Å². The van der Waals surface area contributed by atoms with Crippen LogP contribution in [0, 0.1) is 0 Å². The number of carbonyl (C=O) groups is 1. The Kier molecular flexibility index (Phi) is 3.53. The lowest BCUT2D eigenvalue weighted by Gasteiger charge is -2.18. The van der Waals surface area contributed by atoms with E-state index in [2.05, 4.69) is 5.10 Å². The number of carbonyl (C=O) groups excluding carboxylic acids is 1. The molecule has 0 aromatic carbocycles. The van der Waals surface area contributed by atoms with E-state index in [1.54, 1.807) is 6.92 Å². The highest BCUT2D eigenvalue weighted by Crippen LogP contribution is 2.37. The van der Waals surface area contributed by atoms with Crippen molar-refractivity contribution in [1.29, 1.82) is 0 Å². The largest absolute Gasteiger partial charge is 0.461 e. The van der Waals surface area contributed by atoms with E-state index in [1.165, 1.54) is 0 Å². The number of halogens is 5. The lowest BCUT2D eigenvalue weighted by molar-refractivity contribution is -0.256. The fourth-order valence-corrected chi connectivity index (χ4v) is 1.21. The average molecular weight is 256 g/mol. The summed E-state index contributed by atoms with van der Waals surface area (Å²) in [6.07, 6.45) is -4.43. The first-order valence-corrected chi connectivity index (χ1v) is 4.73. The molecule has 0 unspecified atom stereocenters. The molecule has 8 heteroatoms. The second-order valence-electron chi connectivity index (χ2n) is 3.34. The van der Waals surface area contributed by atoms with Crippen LogP contribution in [0.2, 0.25) is 0 Å². The summed E-state index contributed by atoms with van der Waals surface area (Å²) in [7, 11) is 0. The molecule has 0 spiro atoms. The Bertz CT molecular complexity index is 410. The molecule has 3 nitrogen and oxygen atoms in total. The smallest absolute Gasteiger partial charge is 0.285 e. The minimum atomic E-state index is -5.90. The maximum absolute atomic E-state index is 12.8. The Balaban J connectivity index is 3.08. The summed E-state index contributed by atoms with van der Waals surface area (Å²) in [5.74, 6) is -7.67. The third-order valence-electron chi connectivity index (χ3n) is 2.03. The van der Waals surface area contributed by atoms with Crippen molar-refractivity contribution < 1.29 is 26.7 Å². The van der Waals surface area contributed by atoms with Crippen LogP contribution in [0.3, 0.4) is 0 Å². The third kappa shape index (κ3) is 2.45. The van der Waals surface area contributed by atoms with Gasteiger partial charge in [-0.3, -0.25) is 9.48 Å². The highest BCUT2D eigenvalue weighted by Gasteiger charge is 2.63. The standard InChI is InChI=1S/C9H9F5N2O/c1-2-5-16-6(3-4-15-16)7(17)8(10,11)9(12,13)14/h3-4H,2,5H2,1H3. The molecule has 0 radical (unpaired) electrons. The van der Waals surface area contributed by atoms with Crippen molar-refractivity contribution in [2.45, 2.75) is 32.0 Å². The maximum atomic E-state index is 12.8. The Morgan fingerprint density at radius 3 is 2.41 bits per heavy atom. The van der Waals surface area contributed by atoms with Crippen molar-refractivity contribution in [3.8, 4) is 0 Å². The van der Waals surface area contributed by atoms with Crippen LogP contribution >= 0.6 is 0 Å². The predicted octanol–water partition coefficient (Wildman–Crippen LogP) is 2.67. The number of aromatic nitrogens is 2. The van der Waals surface area contributed by atoms with Crippen LogP contribution in [-0.4, -0.2) is 27.7 Å². The van der Waals surface area contributed by atoms with E-state index in [9.17, 15) is 26.7 Å². The number of rotatable bonds is 4. The van der Waals surface area contributed by atoms with E-state index in [0.29, 0.717) is 6.42 Å². The summed E-state index contributed by atoms with van der Waals surface area (Å²) in [6.45, 7) is 1.78. The van der Waals surface area contributed by atoms with E-state index < -0.39 is 23.6 Å². The van der Waals surface area contributed by atoms with Crippen molar-refractivity contribution >= 4 is 5.78 Å². The second-order valence-corrected chi connectivity index (χ2v) is 3.34. The fraction of sp³-hybridized carbons (Fsp3) is 0.556. The number of hydrogen-bond donors (Lipinski definition) is 0. The van der Waals surface area contributed by atoms with Crippen molar-refractivity contribution in [2.24, 2.45) is 0 Å². The van der Waals surface area contributed by atoms with Crippen LogP contribution in [-0.2, 0) is 6.54 Å². The number of hydrogen-bond acceptors (Lipinski definition) is 2. The monoisotopic (exact) mass is 256 g/mol. The average Bonchev–Trinajstić information content (AvgIpc) is 2.63. The molecule has 0 aliphatic heterocycles. The molecule has 0 bridgehead atoms. The molecule has 0 aliphatic rings. The van der Waals surface area contributed by atoms with Gasteiger partial charge in [-0.05, 0) is 12.5 Å². The maximum Gasteiger partial charge on any atom is 0.461 e. The van der Waals surface area contributed by atoms with Gasteiger partial charge in [0, 0.05) is 12.7 Å². The van der Waals surface area contributed by atoms with Gasteiger partial charge in [0.15, 0.2) is 0 Å². The predicted molar refractivity (Wildman–Crippen MR) is 47.9 cm³/mol. The fourth-order valence-electron chi connectivity index (χ4n) is 1.21. The molecule has 1 heterocycles. The Labute approximate surface area is 93.2 Å². The normalized spacial score (nSPS) is 12.8. The number of aryl methyl sites for hydroxylation is 1. The van der Waals surface area contributed by atoms with Gasteiger partial charge in [-0.15, -0.1) is 0 Å². The van der Waals surface area contributed by atoms with Gasteiger partial charge in [-0.2, -0.15) is 27.1 Å². The summed E-state index contributed by atoms with van der Waals surface area (Å²) >= 11 is 0. The van der Waals surface area contributed by atoms with E-state index in [-0.39, 0.29) is 6.54 Å². The lowest BCUT2D eigenvalue weighted by atomic mass is 10.1. The quantitative estimate of drug-likeness (QED) is 0.613. The molecular formula is C9H9F5N2O. The highest BCUT2D eigenvalue weighted by molar-refractivity contribution is 6.00. The van der Waals surface area contributed by atoms with Crippen molar-refractivity contribution in [1.82, 2.24) is 9.78 Å². The first kappa shape index (κ1) is 13.6. The van der Waals surface area contributed by atoms with Crippen LogP contribution in [0.1, 0.15) is 23.8 Å². The number of nitrogens with zero attached hydrogens (tertiary/aromatic N) is 2. The molecule has 1 aromatic heterocycles. The van der Waals surface area contributed by atoms with E-state index in [0.717, 1.165) is 16.9 Å². The van der Waals surface area contributed by atoms with Crippen LogP contribution < -0.4 is 0 Å². The van der Waals surface area contributed by atoms with Crippen LogP contribution in [0.5, 0.6) is 0 Å². The van der Waals surface area contributed by atoms with Gasteiger partial charge in [0.1, 0.15) is 5.69 Å². The second kappa shape index (κ2) is 4.42. The SMILES string of the molecule is CCCn1nccc1C(=O)C(F)(F)C(F)(F)F. The first-order valence-electron chi connectivity index (χ1n) is 4.73. The zero-order valence-electron chi connectivity index (χ0n) is 8.76. The molecule has 96 valence electrons. The van der Waals surface area contributed by atoms with E-state index >= 15 is 0 Å². The molecule has 1 aromatic rings. The molecule has 0 saturated heterocycles. The van der Waals surface area contributed by atoms with Crippen LogP contribution in [0.25, 0.3) is 0 Å². The Morgan fingerprint density at radius 1 is 1.35 bits per heavy atom. The zero-order valence-corrected chi connectivity index (χ0v) is 8.76. The van der Waals surface area contributed by atoms with Crippen LogP contribution in [0.15, 0.2) is 12.3 Å². The molecule has 0 atom stereocenters. The molecule has 0 N–H and O–H groups in total. The zero-order chi connectivity index (χ0) is 13.3. The van der Waals surface area contributed by atoms with E-state index in [1.807, 2.05) is 0 Å². The highest BCUT2D eigenvalue weighted by atomic mass is 19.4. The van der Waals surface area contributed by atoms with Crippen molar-refractivity contribution in [2.75, 3.05) is 0 Å². The summed E-state index contributed by atoms with van der Waals surface area (Å²) in [5, 5.41) is 3.52. The van der Waals surface area contributed by atoms with Gasteiger partial charge in [-0.1, -0.05) is 6.92 Å². The summed E-state index contributed by atoms with van der Waals surface area (Å²) in [6, 6.07) is 0.845. The van der Waals surface area contributed by atoms with Gasteiger partial charge < -0.3 is 0 Å². The number of Topliss-reactive ketones (excluding diaryl/α,β-unsaturated/α-hetero) is 1. The minimum Gasteiger partial charge on any atom is -0.285 e. The Hall–Kier alpha value is -1.47. The minimum absolute atomic E-state index is 0.0992. The number of ketones is 1. The first-order chi connectivity index (χ1) is 7.71. The third-order valence-corrected chi connectivity index (χ3v) is 2.03. The van der Waals surface area contributed by atoms with E-state index in [4.69, 9.17) is 0 Å².